The van der Waals surface area contributed by atoms with E-state index in [1.807, 2.05) is 0 Å². The molecule has 0 amide bonds. The van der Waals surface area contributed by atoms with Crippen molar-refractivity contribution in [2.45, 2.75) is 12.2 Å². The number of benzene rings is 1. The number of alkyl halides is 3. The second-order valence-corrected chi connectivity index (χ2v) is 6.57. The third-order valence-corrected chi connectivity index (χ3v) is 4.33. The topological polar surface area (TPSA) is 69.4 Å². The summed E-state index contributed by atoms with van der Waals surface area (Å²) < 4.78 is 65.7. The monoisotopic (exact) mass is 311 g/mol. The number of ether oxygens (including phenoxy) is 1. The highest BCUT2D eigenvalue weighted by Crippen LogP contribution is 2.30. The molecule has 1 unspecified atom stereocenters. The Hall–Kier alpha value is -1.12. The maximum absolute atomic E-state index is 12.6. The third kappa shape index (κ3) is 5.10. The molecule has 0 saturated heterocycles. The Morgan fingerprint density at radius 3 is 2.55 bits per heavy atom. The fourth-order valence-corrected chi connectivity index (χ4v) is 2.94. The van der Waals surface area contributed by atoms with Gasteiger partial charge in [0.1, 0.15) is 0 Å². The van der Waals surface area contributed by atoms with E-state index in [1.165, 1.54) is 19.2 Å². The number of halogens is 3. The lowest BCUT2D eigenvalue weighted by Gasteiger charge is -2.14. The van der Waals surface area contributed by atoms with Gasteiger partial charge in [-0.15, -0.1) is 0 Å². The van der Waals surface area contributed by atoms with Crippen LogP contribution in [0.4, 0.5) is 13.2 Å². The van der Waals surface area contributed by atoms with Gasteiger partial charge in [0.05, 0.1) is 23.7 Å². The second kappa shape index (κ2) is 6.55. The molecule has 1 aromatic rings. The highest BCUT2D eigenvalue weighted by atomic mass is 32.2. The predicted octanol–water partition coefficient (Wildman–Crippen LogP) is 1.77. The molecule has 4 nitrogen and oxygen atoms in total. The van der Waals surface area contributed by atoms with E-state index < -0.39 is 33.4 Å². The first-order chi connectivity index (χ1) is 9.15. The third-order valence-electron chi connectivity index (χ3n) is 2.67. The van der Waals surface area contributed by atoms with Gasteiger partial charge in [-0.1, -0.05) is 12.1 Å². The smallest absolute Gasteiger partial charge is 0.384 e. The van der Waals surface area contributed by atoms with Crippen molar-refractivity contribution in [1.82, 2.24) is 0 Å². The van der Waals surface area contributed by atoms with Crippen LogP contribution in [0.2, 0.25) is 0 Å². The van der Waals surface area contributed by atoms with Crippen LogP contribution in [0.1, 0.15) is 17.2 Å². The van der Waals surface area contributed by atoms with Crippen molar-refractivity contribution in [3.8, 4) is 0 Å². The molecular weight excluding hydrogens is 295 g/mol. The van der Waals surface area contributed by atoms with Crippen molar-refractivity contribution in [2.75, 3.05) is 25.2 Å². The summed E-state index contributed by atoms with van der Waals surface area (Å²) in [6, 6.07) is 3.37. The second-order valence-electron chi connectivity index (χ2n) is 4.34. The van der Waals surface area contributed by atoms with E-state index in [4.69, 9.17) is 5.73 Å². The first-order valence-corrected chi connectivity index (χ1v) is 7.60. The van der Waals surface area contributed by atoms with E-state index in [2.05, 4.69) is 4.74 Å². The maximum Gasteiger partial charge on any atom is 0.416 e. The molecule has 0 saturated carbocycles. The van der Waals surface area contributed by atoms with E-state index in [0.29, 0.717) is 0 Å². The van der Waals surface area contributed by atoms with Gasteiger partial charge in [-0.05, 0) is 17.7 Å². The first kappa shape index (κ1) is 16.9. The highest BCUT2D eigenvalue weighted by molar-refractivity contribution is 7.91. The lowest BCUT2D eigenvalue weighted by Crippen LogP contribution is -2.25. The van der Waals surface area contributed by atoms with Crippen LogP contribution in [0.5, 0.6) is 0 Å². The van der Waals surface area contributed by atoms with Crippen molar-refractivity contribution in [1.29, 1.82) is 0 Å². The standard InChI is InChI=1S/C12H16F3NO3S/c1-19-5-6-20(17,18)8-11(16)9-3-2-4-10(7-9)12(13,14)15/h2-4,7,11H,5-6,8,16H2,1H3. The van der Waals surface area contributed by atoms with Crippen LogP contribution in [0.15, 0.2) is 24.3 Å². The van der Waals surface area contributed by atoms with E-state index in [1.54, 1.807) is 0 Å². The van der Waals surface area contributed by atoms with Crippen molar-refractivity contribution in [2.24, 2.45) is 5.73 Å². The number of hydrogen-bond acceptors (Lipinski definition) is 4. The zero-order chi connectivity index (χ0) is 15.4. The first-order valence-electron chi connectivity index (χ1n) is 5.78. The summed E-state index contributed by atoms with van der Waals surface area (Å²) in [7, 11) is -2.11. The molecule has 0 bridgehead atoms. The maximum atomic E-state index is 12.6. The van der Waals surface area contributed by atoms with Gasteiger partial charge in [-0.2, -0.15) is 13.2 Å². The number of rotatable bonds is 6. The Kier molecular flexibility index (Phi) is 5.55. The SMILES string of the molecule is COCCS(=O)(=O)CC(N)c1cccc(C(F)(F)F)c1. The van der Waals surface area contributed by atoms with Gasteiger partial charge < -0.3 is 10.5 Å². The van der Waals surface area contributed by atoms with Crippen LogP contribution in [0.3, 0.4) is 0 Å². The molecule has 0 aromatic heterocycles. The lowest BCUT2D eigenvalue weighted by atomic mass is 10.1. The summed E-state index contributed by atoms with van der Waals surface area (Å²) in [5, 5.41) is 0. The van der Waals surface area contributed by atoms with Crippen molar-refractivity contribution >= 4 is 9.84 Å². The number of nitrogens with two attached hydrogens (primary N) is 1. The van der Waals surface area contributed by atoms with Crippen LogP contribution >= 0.6 is 0 Å². The van der Waals surface area contributed by atoms with Crippen molar-refractivity contribution in [3.05, 3.63) is 35.4 Å². The normalized spacial score (nSPS) is 14.2. The van der Waals surface area contributed by atoms with Gasteiger partial charge in [0.2, 0.25) is 0 Å². The van der Waals surface area contributed by atoms with E-state index in [9.17, 15) is 21.6 Å². The molecule has 0 heterocycles. The average Bonchev–Trinajstić information content (AvgIpc) is 2.35. The summed E-state index contributed by atoms with van der Waals surface area (Å²) in [5.41, 5.74) is 4.97. The molecule has 0 fully saturated rings. The molecule has 0 aliphatic rings. The Bertz CT molecular complexity index is 543. The summed E-state index contributed by atoms with van der Waals surface area (Å²) in [6.07, 6.45) is -4.48. The molecule has 1 aromatic carbocycles. The van der Waals surface area contributed by atoms with Crippen LogP contribution in [0, 0.1) is 0 Å². The molecule has 114 valence electrons. The minimum Gasteiger partial charge on any atom is -0.384 e. The molecule has 2 N–H and O–H groups in total. The Labute approximate surface area is 115 Å². The number of methoxy groups -OCH3 is 1. The van der Waals surface area contributed by atoms with E-state index in [-0.39, 0.29) is 17.9 Å². The van der Waals surface area contributed by atoms with Gasteiger partial charge in [0.15, 0.2) is 9.84 Å². The largest absolute Gasteiger partial charge is 0.416 e. The van der Waals surface area contributed by atoms with Crippen LogP contribution in [-0.4, -0.2) is 33.6 Å². The van der Waals surface area contributed by atoms with E-state index in [0.717, 1.165) is 12.1 Å². The Balaban J connectivity index is 2.85. The van der Waals surface area contributed by atoms with E-state index >= 15 is 0 Å². The molecule has 20 heavy (non-hydrogen) atoms. The summed E-state index contributed by atoms with van der Waals surface area (Å²) in [5.74, 6) is -0.631. The summed E-state index contributed by atoms with van der Waals surface area (Å²) in [6.45, 7) is 0.0254. The summed E-state index contributed by atoms with van der Waals surface area (Å²) >= 11 is 0. The van der Waals surface area contributed by atoms with Crippen molar-refractivity contribution < 1.29 is 26.3 Å². The zero-order valence-corrected chi connectivity index (χ0v) is 11.7. The molecule has 0 aliphatic carbocycles. The van der Waals surface area contributed by atoms with Gasteiger partial charge in [0.25, 0.3) is 0 Å². The lowest BCUT2D eigenvalue weighted by molar-refractivity contribution is -0.137. The van der Waals surface area contributed by atoms with Crippen LogP contribution in [-0.2, 0) is 20.8 Å². The van der Waals surface area contributed by atoms with Crippen LogP contribution < -0.4 is 5.73 Å². The molecule has 1 atom stereocenters. The van der Waals surface area contributed by atoms with Crippen LogP contribution in [0.25, 0.3) is 0 Å². The quantitative estimate of drug-likeness (QED) is 0.869. The fraction of sp³-hybridized carbons (Fsp3) is 0.500. The van der Waals surface area contributed by atoms with Gasteiger partial charge in [0, 0.05) is 13.2 Å². The average molecular weight is 311 g/mol. The fourth-order valence-electron chi connectivity index (χ4n) is 1.61. The molecule has 8 heteroatoms. The summed E-state index contributed by atoms with van der Waals surface area (Å²) in [4.78, 5) is 0. The van der Waals surface area contributed by atoms with Gasteiger partial charge in [-0.25, -0.2) is 8.42 Å². The zero-order valence-electron chi connectivity index (χ0n) is 10.9. The Morgan fingerprint density at radius 1 is 1.35 bits per heavy atom. The number of sulfone groups is 1. The minimum atomic E-state index is -4.48. The Morgan fingerprint density at radius 2 is 2.00 bits per heavy atom. The minimum absolute atomic E-state index is 0.0254. The van der Waals surface area contributed by atoms with Crippen molar-refractivity contribution in [3.63, 3.8) is 0 Å². The molecular formula is C12H16F3NO3S. The molecule has 1 rings (SSSR count). The van der Waals surface area contributed by atoms with Gasteiger partial charge >= 0.3 is 6.18 Å². The molecule has 0 spiro atoms. The highest BCUT2D eigenvalue weighted by Gasteiger charge is 2.31. The van der Waals surface area contributed by atoms with Gasteiger partial charge in [-0.3, -0.25) is 0 Å². The number of hydrogen-bond donors (Lipinski definition) is 1. The molecule has 0 aliphatic heterocycles. The molecule has 0 radical (unpaired) electrons. The predicted molar refractivity (Wildman–Crippen MR) is 68.9 cm³/mol.